The van der Waals surface area contributed by atoms with Crippen molar-refractivity contribution in [1.29, 1.82) is 0 Å². The first-order valence-electron chi connectivity index (χ1n) is 5.73. The summed E-state index contributed by atoms with van der Waals surface area (Å²) in [6.07, 6.45) is 3.46. The molecule has 0 spiro atoms. The molecule has 1 aliphatic rings. The van der Waals surface area contributed by atoms with Gasteiger partial charge in [-0.1, -0.05) is 0 Å². The van der Waals surface area contributed by atoms with E-state index in [1.54, 1.807) is 18.4 Å². The van der Waals surface area contributed by atoms with Gasteiger partial charge in [-0.15, -0.1) is 22.9 Å². The van der Waals surface area contributed by atoms with Crippen LogP contribution in [0.15, 0.2) is 6.07 Å². The standard InChI is InChI=1S/C12H16ClNO2S/c1-16-7-9(13)6-14-12(15)11-5-8-3-2-4-10(8)17-11/h5,9H,2-4,6-7H2,1H3,(H,14,15). The van der Waals surface area contributed by atoms with Gasteiger partial charge >= 0.3 is 0 Å². The lowest BCUT2D eigenvalue weighted by atomic mass is 10.2. The van der Waals surface area contributed by atoms with Crippen molar-refractivity contribution in [1.82, 2.24) is 5.32 Å². The average molecular weight is 274 g/mol. The van der Waals surface area contributed by atoms with E-state index in [0.29, 0.717) is 13.2 Å². The number of hydrogen-bond acceptors (Lipinski definition) is 3. The second kappa shape index (κ2) is 5.85. The number of halogens is 1. The van der Waals surface area contributed by atoms with Crippen LogP contribution in [0.4, 0.5) is 0 Å². The van der Waals surface area contributed by atoms with Crippen LogP contribution in [-0.4, -0.2) is 31.5 Å². The van der Waals surface area contributed by atoms with E-state index < -0.39 is 0 Å². The Kier molecular flexibility index (Phi) is 4.42. The highest BCUT2D eigenvalue weighted by atomic mass is 35.5. The number of carbonyl (C=O) groups excluding carboxylic acids is 1. The third kappa shape index (κ3) is 3.21. The number of aryl methyl sites for hydroxylation is 2. The van der Waals surface area contributed by atoms with Gasteiger partial charge in [-0.3, -0.25) is 4.79 Å². The second-order valence-electron chi connectivity index (χ2n) is 4.18. The molecule has 1 aliphatic carbocycles. The summed E-state index contributed by atoms with van der Waals surface area (Å²) in [5, 5.41) is 2.66. The fourth-order valence-electron chi connectivity index (χ4n) is 1.97. The first-order valence-corrected chi connectivity index (χ1v) is 6.98. The monoisotopic (exact) mass is 273 g/mol. The molecule has 2 rings (SSSR count). The average Bonchev–Trinajstić information content (AvgIpc) is 2.86. The molecule has 0 saturated heterocycles. The number of methoxy groups -OCH3 is 1. The molecule has 5 heteroatoms. The van der Waals surface area contributed by atoms with Gasteiger partial charge in [0.1, 0.15) is 0 Å². The predicted octanol–water partition coefficient (Wildman–Crippen LogP) is 2.22. The van der Waals surface area contributed by atoms with E-state index in [-0.39, 0.29) is 11.3 Å². The highest BCUT2D eigenvalue weighted by Gasteiger charge is 2.18. The molecule has 0 saturated carbocycles. The van der Waals surface area contributed by atoms with E-state index in [1.807, 2.05) is 6.07 Å². The predicted molar refractivity (Wildman–Crippen MR) is 70.2 cm³/mol. The zero-order valence-corrected chi connectivity index (χ0v) is 11.4. The van der Waals surface area contributed by atoms with Gasteiger partial charge in [0.15, 0.2) is 0 Å². The Morgan fingerprint density at radius 2 is 2.47 bits per heavy atom. The summed E-state index contributed by atoms with van der Waals surface area (Å²) >= 11 is 7.56. The van der Waals surface area contributed by atoms with E-state index in [2.05, 4.69) is 5.32 Å². The molecule has 1 atom stereocenters. The quantitative estimate of drug-likeness (QED) is 0.836. The zero-order chi connectivity index (χ0) is 12.3. The summed E-state index contributed by atoms with van der Waals surface area (Å²) < 4.78 is 4.91. The number of amides is 1. The van der Waals surface area contributed by atoms with Crippen molar-refractivity contribution in [3.05, 3.63) is 21.4 Å². The molecule has 0 radical (unpaired) electrons. The van der Waals surface area contributed by atoms with Gasteiger partial charge in [0, 0.05) is 18.5 Å². The molecule has 1 N–H and O–H groups in total. The Hall–Kier alpha value is -0.580. The molecule has 1 unspecified atom stereocenters. The zero-order valence-electron chi connectivity index (χ0n) is 9.79. The Morgan fingerprint density at radius 1 is 1.65 bits per heavy atom. The molecule has 1 aromatic rings. The summed E-state index contributed by atoms with van der Waals surface area (Å²) in [4.78, 5) is 14.0. The number of carbonyl (C=O) groups is 1. The van der Waals surface area contributed by atoms with Crippen LogP contribution in [0, 0.1) is 0 Å². The highest BCUT2D eigenvalue weighted by Crippen LogP contribution is 2.30. The largest absolute Gasteiger partial charge is 0.383 e. The normalized spacial score (nSPS) is 15.6. The van der Waals surface area contributed by atoms with Crippen LogP contribution in [0.2, 0.25) is 0 Å². The fraction of sp³-hybridized carbons (Fsp3) is 0.583. The van der Waals surface area contributed by atoms with Crippen molar-refractivity contribution < 1.29 is 9.53 Å². The lowest BCUT2D eigenvalue weighted by Crippen LogP contribution is -2.31. The number of fused-ring (bicyclic) bond motifs is 1. The smallest absolute Gasteiger partial charge is 0.261 e. The van der Waals surface area contributed by atoms with E-state index in [1.165, 1.54) is 16.9 Å². The Morgan fingerprint density at radius 3 is 3.18 bits per heavy atom. The van der Waals surface area contributed by atoms with Gasteiger partial charge in [-0.05, 0) is 30.9 Å². The minimum Gasteiger partial charge on any atom is -0.383 e. The summed E-state index contributed by atoms with van der Waals surface area (Å²) in [6, 6.07) is 2.02. The van der Waals surface area contributed by atoms with Gasteiger partial charge in [-0.25, -0.2) is 0 Å². The number of alkyl halides is 1. The first kappa shape index (κ1) is 12.9. The van der Waals surface area contributed by atoms with Gasteiger partial charge in [-0.2, -0.15) is 0 Å². The SMILES string of the molecule is COCC(Cl)CNC(=O)c1cc2c(s1)CCC2. The summed E-state index contributed by atoms with van der Waals surface area (Å²) in [7, 11) is 1.60. The van der Waals surface area contributed by atoms with Crippen molar-refractivity contribution in [3.63, 3.8) is 0 Å². The van der Waals surface area contributed by atoms with Crippen LogP contribution in [0.1, 0.15) is 26.5 Å². The lowest BCUT2D eigenvalue weighted by Gasteiger charge is -2.08. The summed E-state index contributed by atoms with van der Waals surface area (Å²) in [5.41, 5.74) is 1.35. The Labute approximate surface area is 110 Å². The first-order chi connectivity index (χ1) is 8.20. The third-order valence-corrected chi connectivity index (χ3v) is 4.32. The van der Waals surface area contributed by atoms with Crippen LogP contribution in [0.5, 0.6) is 0 Å². The minimum atomic E-state index is -0.171. The van der Waals surface area contributed by atoms with Crippen molar-refractivity contribution >= 4 is 28.8 Å². The topological polar surface area (TPSA) is 38.3 Å². The molecule has 1 amide bonds. The van der Waals surface area contributed by atoms with Crippen molar-refractivity contribution in [3.8, 4) is 0 Å². The van der Waals surface area contributed by atoms with E-state index in [9.17, 15) is 4.79 Å². The van der Waals surface area contributed by atoms with Crippen LogP contribution in [0.3, 0.4) is 0 Å². The molecule has 1 aromatic heterocycles. The lowest BCUT2D eigenvalue weighted by molar-refractivity contribution is 0.0953. The molecule has 0 fully saturated rings. The van der Waals surface area contributed by atoms with E-state index in [0.717, 1.165) is 17.7 Å². The molecule has 1 heterocycles. The minimum absolute atomic E-state index is 0.0221. The molecular weight excluding hydrogens is 258 g/mol. The van der Waals surface area contributed by atoms with E-state index in [4.69, 9.17) is 16.3 Å². The molecule has 0 aliphatic heterocycles. The molecule has 17 heavy (non-hydrogen) atoms. The van der Waals surface area contributed by atoms with Crippen LogP contribution >= 0.6 is 22.9 Å². The number of ether oxygens (including phenoxy) is 1. The van der Waals surface area contributed by atoms with Gasteiger partial charge < -0.3 is 10.1 Å². The summed E-state index contributed by atoms with van der Waals surface area (Å²) in [6.45, 7) is 0.888. The maximum Gasteiger partial charge on any atom is 0.261 e. The second-order valence-corrected chi connectivity index (χ2v) is 5.93. The molecule has 94 valence electrons. The molecular formula is C12H16ClNO2S. The number of rotatable bonds is 5. The third-order valence-electron chi connectivity index (χ3n) is 2.80. The summed E-state index contributed by atoms with van der Waals surface area (Å²) in [5.74, 6) is -0.0221. The van der Waals surface area contributed by atoms with Crippen molar-refractivity contribution in [2.24, 2.45) is 0 Å². The van der Waals surface area contributed by atoms with Gasteiger partial charge in [0.2, 0.25) is 0 Å². The van der Waals surface area contributed by atoms with Gasteiger partial charge in [0.05, 0.1) is 16.9 Å². The maximum atomic E-state index is 11.9. The van der Waals surface area contributed by atoms with Crippen molar-refractivity contribution in [2.45, 2.75) is 24.6 Å². The number of thiophene rings is 1. The Bertz CT molecular complexity index is 384. The molecule has 0 bridgehead atoms. The fourth-order valence-corrected chi connectivity index (χ4v) is 3.34. The van der Waals surface area contributed by atoms with Crippen LogP contribution in [-0.2, 0) is 17.6 Å². The number of hydrogen-bond donors (Lipinski definition) is 1. The van der Waals surface area contributed by atoms with Crippen molar-refractivity contribution in [2.75, 3.05) is 20.3 Å². The number of nitrogens with one attached hydrogen (secondary N) is 1. The molecule has 0 aromatic carbocycles. The highest BCUT2D eigenvalue weighted by molar-refractivity contribution is 7.14. The van der Waals surface area contributed by atoms with E-state index >= 15 is 0 Å². The maximum absolute atomic E-state index is 11.9. The van der Waals surface area contributed by atoms with Gasteiger partial charge in [0.25, 0.3) is 5.91 Å². The molecule has 3 nitrogen and oxygen atoms in total. The van der Waals surface area contributed by atoms with Crippen LogP contribution in [0.25, 0.3) is 0 Å². The van der Waals surface area contributed by atoms with Crippen LogP contribution < -0.4 is 5.32 Å². The Balaban J connectivity index is 1.87.